The van der Waals surface area contributed by atoms with Gasteiger partial charge in [-0.25, -0.2) is 18.7 Å². The van der Waals surface area contributed by atoms with Crippen LogP contribution in [0.5, 0.6) is 0 Å². The predicted octanol–water partition coefficient (Wildman–Crippen LogP) is 4.45. The van der Waals surface area contributed by atoms with Crippen molar-refractivity contribution in [1.82, 2.24) is 30.2 Å². The molecule has 3 heterocycles. The van der Waals surface area contributed by atoms with Crippen molar-refractivity contribution in [3.05, 3.63) is 102 Å². The summed E-state index contributed by atoms with van der Waals surface area (Å²) in [6.45, 7) is 2.32. The number of halogens is 2. The van der Waals surface area contributed by atoms with Crippen molar-refractivity contribution >= 4 is 5.82 Å². The lowest BCUT2D eigenvalue weighted by atomic mass is 10.1. The molecule has 200 valence electrons. The van der Waals surface area contributed by atoms with Gasteiger partial charge in [0.05, 0.1) is 31.1 Å². The van der Waals surface area contributed by atoms with E-state index in [1.54, 1.807) is 35.0 Å². The quantitative estimate of drug-likeness (QED) is 0.229. The third kappa shape index (κ3) is 6.16. The highest BCUT2D eigenvalue weighted by Crippen LogP contribution is 2.26. The molecule has 5 aromatic rings. The van der Waals surface area contributed by atoms with Crippen LogP contribution in [0.2, 0.25) is 0 Å². The summed E-state index contributed by atoms with van der Waals surface area (Å²) in [6, 6.07) is 19.0. The van der Waals surface area contributed by atoms with E-state index in [1.807, 2.05) is 37.3 Å². The minimum absolute atomic E-state index is 0.0144. The van der Waals surface area contributed by atoms with Gasteiger partial charge >= 0.3 is 0 Å². The maximum atomic E-state index is 14.6. The van der Waals surface area contributed by atoms with Crippen LogP contribution in [0, 0.1) is 11.6 Å². The minimum Gasteiger partial charge on any atom is -0.394 e. The third-order valence-corrected chi connectivity index (χ3v) is 6.18. The van der Waals surface area contributed by atoms with E-state index in [4.69, 9.17) is 4.52 Å². The Morgan fingerprint density at radius 3 is 2.54 bits per heavy atom. The molecule has 39 heavy (non-hydrogen) atoms. The van der Waals surface area contributed by atoms with Gasteiger partial charge in [0, 0.05) is 24.2 Å². The van der Waals surface area contributed by atoms with E-state index < -0.39 is 5.82 Å². The number of aromatic nitrogens is 5. The second kappa shape index (κ2) is 11.9. The zero-order valence-electron chi connectivity index (χ0n) is 21.1. The lowest BCUT2D eigenvalue weighted by molar-refractivity contribution is 0.236. The molecule has 9 nitrogen and oxygen atoms in total. The van der Waals surface area contributed by atoms with Gasteiger partial charge in [-0.2, -0.15) is 5.10 Å². The Labute approximate surface area is 223 Å². The van der Waals surface area contributed by atoms with Gasteiger partial charge < -0.3 is 20.3 Å². The fraction of sp³-hybridized carbons (Fsp3) is 0.214. The van der Waals surface area contributed by atoms with Crippen molar-refractivity contribution in [1.29, 1.82) is 0 Å². The summed E-state index contributed by atoms with van der Waals surface area (Å²) in [5.74, 6) is -0.770. The van der Waals surface area contributed by atoms with Gasteiger partial charge in [0.1, 0.15) is 23.5 Å². The monoisotopic (exact) mass is 531 g/mol. The molecule has 0 saturated heterocycles. The number of benzene rings is 2. The van der Waals surface area contributed by atoms with E-state index >= 15 is 0 Å². The van der Waals surface area contributed by atoms with Gasteiger partial charge in [0.15, 0.2) is 17.5 Å². The van der Waals surface area contributed by atoms with Crippen LogP contribution < -0.4 is 10.6 Å². The highest BCUT2D eigenvalue weighted by molar-refractivity contribution is 5.63. The molecule has 3 N–H and O–H groups in total. The standard InChI is InChI=1S/C28H27F2N7O2/c1-18(33-25(17-38)19-7-3-2-4-8-19)14-31-27-22(30)15-32-28(34-27)24-13-26(23-11-12-39-36-23)37(35-24)16-20-9-5-6-10-21(20)29/h2-13,15,18,25,33,38H,14,16-17H2,1H3,(H,31,32,34). The first-order valence-corrected chi connectivity index (χ1v) is 12.4. The Morgan fingerprint density at radius 2 is 1.79 bits per heavy atom. The summed E-state index contributed by atoms with van der Waals surface area (Å²) in [5, 5.41) is 24.7. The van der Waals surface area contributed by atoms with Gasteiger partial charge in [-0.3, -0.25) is 4.68 Å². The molecule has 0 saturated carbocycles. The molecule has 0 bridgehead atoms. The summed E-state index contributed by atoms with van der Waals surface area (Å²) in [5.41, 5.74) is 2.83. The van der Waals surface area contributed by atoms with Crippen LogP contribution in [0.25, 0.3) is 22.9 Å². The normalized spacial score (nSPS) is 12.8. The zero-order chi connectivity index (χ0) is 27.2. The van der Waals surface area contributed by atoms with Crippen LogP contribution in [-0.2, 0) is 6.54 Å². The van der Waals surface area contributed by atoms with Crippen molar-refractivity contribution in [2.75, 3.05) is 18.5 Å². The number of nitrogens with zero attached hydrogens (tertiary/aromatic N) is 5. The van der Waals surface area contributed by atoms with Crippen molar-refractivity contribution in [3.8, 4) is 22.9 Å². The van der Waals surface area contributed by atoms with Gasteiger partial charge in [0.2, 0.25) is 0 Å². The van der Waals surface area contributed by atoms with Crippen LogP contribution in [0.4, 0.5) is 14.6 Å². The number of rotatable bonds is 11. The molecule has 0 aliphatic carbocycles. The number of aliphatic hydroxyl groups is 1. The number of anilines is 1. The van der Waals surface area contributed by atoms with E-state index in [9.17, 15) is 13.9 Å². The summed E-state index contributed by atoms with van der Waals surface area (Å²) >= 11 is 0. The third-order valence-electron chi connectivity index (χ3n) is 6.18. The smallest absolute Gasteiger partial charge is 0.183 e. The number of aliphatic hydroxyl groups excluding tert-OH is 1. The van der Waals surface area contributed by atoms with E-state index in [0.29, 0.717) is 29.2 Å². The Hall–Kier alpha value is -4.48. The molecular weight excluding hydrogens is 504 g/mol. The predicted molar refractivity (Wildman–Crippen MR) is 142 cm³/mol. The van der Waals surface area contributed by atoms with Gasteiger partial charge in [-0.05, 0) is 24.6 Å². The zero-order valence-corrected chi connectivity index (χ0v) is 21.1. The van der Waals surface area contributed by atoms with Crippen molar-refractivity contribution in [3.63, 3.8) is 0 Å². The molecule has 0 aliphatic rings. The average molecular weight is 532 g/mol. The second-order valence-electron chi connectivity index (χ2n) is 9.03. The summed E-state index contributed by atoms with van der Waals surface area (Å²) in [4.78, 5) is 8.49. The lowest BCUT2D eigenvalue weighted by Gasteiger charge is -2.22. The molecule has 0 aliphatic heterocycles. The van der Waals surface area contributed by atoms with Gasteiger partial charge in [-0.15, -0.1) is 0 Å². The van der Waals surface area contributed by atoms with Crippen molar-refractivity contribution in [2.24, 2.45) is 0 Å². The lowest BCUT2D eigenvalue weighted by Crippen LogP contribution is -2.37. The van der Waals surface area contributed by atoms with E-state index in [2.05, 4.69) is 30.9 Å². The van der Waals surface area contributed by atoms with E-state index in [-0.39, 0.29) is 42.7 Å². The fourth-order valence-electron chi connectivity index (χ4n) is 4.19. The first-order chi connectivity index (χ1) is 19.0. The highest BCUT2D eigenvalue weighted by atomic mass is 19.1. The Bertz CT molecular complexity index is 1510. The minimum atomic E-state index is -0.616. The van der Waals surface area contributed by atoms with E-state index in [1.165, 1.54) is 12.3 Å². The SMILES string of the molecule is CC(CNc1nc(-c2cc(-c3ccon3)n(Cc3ccccc3F)n2)ncc1F)NC(CO)c1ccccc1. The molecule has 5 rings (SSSR count). The van der Waals surface area contributed by atoms with Crippen LogP contribution >= 0.6 is 0 Å². The van der Waals surface area contributed by atoms with Crippen LogP contribution in [0.3, 0.4) is 0 Å². The molecule has 0 fully saturated rings. The Balaban J connectivity index is 1.35. The Morgan fingerprint density at radius 1 is 1.00 bits per heavy atom. The first-order valence-electron chi connectivity index (χ1n) is 12.4. The number of nitrogens with one attached hydrogen (secondary N) is 2. The summed E-state index contributed by atoms with van der Waals surface area (Å²) in [6.07, 6.45) is 2.51. The first kappa shape index (κ1) is 26.1. The van der Waals surface area contributed by atoms with Crippen LogP contribution in [0.15, 0.2) is 83.7 Å². The molecule has 11 heteroatoms. The van der Waals surface area contributed by atoms with Gasteiger partial charge in [0.25, 0.3) is 0 Å². The summed E-state index contributed by atoms with van der Waals surface area (Å²) < 4.78 is 35.6. The largest absolute Gasteiger partial charge is 0.394 e. The molecule has 2 atom stereocenters. The van der Waals surface area contributed by atoms with E-state index in [0.717, 1.165) is 11.8 Å². The average Bonchev–Trinajstić information content (AvgIpc) is 3.63. The molecule has 2 unspecified atom stereocenters. The summed E-state index contributed by atoms with van der Waals surface area (Å²) in [7, 11) is 0. The topological polar surface area (TPSA) is 114 Å². The number of hydrogen-bond acceptors (Lipinski definition) is 8. The molecule has 0 radical (unpaired) electrons. The van der Waals surface area contributed by atoms with Crippen LogP contribution in [0.1, 0.15) is 24.1 Å². The second-order valence-corrected chi connectivity index (χ2v) is 9.03. The van der Waals surface area contributed by atoms with Crippen molar-refractivity contribution < 1.29 is 18.4 Å². The maximum Gasteiger partial charge on any atom is 0.183 e. The molecule has 0 spiro atoms. The highest BCUT2D eigenvalue weighted by Gasteiger charge is 2.19. The molecule has 3 aromatic heterocycles. The molecule has 2 aromatic carbocycles. The van der Waals surface area contributed by atoms with Crippen LogP contribution in [-0.4, -0.2) is 49.2 Å². The number of hydrogen-bond donors (Lipinski definition) is 3. The molecular formula is C28H27F2N7O2. The molecule has 0 amide bonds. The van der Waals surface area contributed by atoms with Crippen molar-refractivity contribution in [2.45, 2.75) is 25.6 Å². The van der Waals surface area contributed by atoms with Gasteiger partial charge in [-0.1, -0.05) is 53.7 Å². The fourth-order valence-corrected chi connectivity index (χ4v) is 4.19. The maximum absolute atomic E-state index is 14.6. The Kier molecular flexibility index (Phi) is 7.99.